The molecular formula is C17H29NO. The first-order valence-electron chi connectivity index (χ1n) is 7.58. The molecule has 2 heteroatoms. The number of hydrogen-bond acceptors (Lipinski definition) is 2. The highest BCUT2D eigenvalue weighted by molar-refractivity contribution is 5.21. The first-order chi connectivity index (χ1) is 9.10. The summed E-state index contributed by atoms with van der Waals surface area (Å²) in [6, 6.07) is 9.89. The van der Waals surface area contributed by atoms with Crippen LogP contribution < -0.4 is 5.32 Å². The van der Waals surface area contributed by atoms with Crippen LogP contribution in [0.3, 0.4) is 0 Å². The summed E-state index contributed by atoms with van der Waals surface area (Å²) in [5.74, 6) is 0.728. The second-order valence-electron chi connectivity index (χ2n) is 5.69. The van der Waals surface area contributed by atoms with Crippen molar-refractivity contribution in [2.24, 2.45) is 5.92 Å². The summed E-state index contributed by atoms with van der Waals surface area (Å²) >= 11 is 0. The Balaban J connectivity index is 2.38. The van der Waals surface area contributed by atoms with E-state index in [2.05, 4.69) is 19.2 Å². The molecule has 0 saturated heterocycles. The molecule has 2 N–H and O–H groups in total. The molecule has 108 valence electrons. The Morgan fingerprint density at radius 1 is 1.21 bits per heavy atom. The van der Waals surface area contributed by atoms with Crippen LogP contribution in [-0.2, 0) is 5.60 Å². The van der Waals surface area contributed by atoms with Gasteiger partial charge < -0.3 is 10.4 Å². The maximum absolute atomic E-state index is 10.5. The Kier molecular flexibility index (Phi) is 7.11. The average molecular weight is 263 g/mol. The maximum atomic E-state index is 10.5. The Morgan fingerprint density at radius 2 is 1.89 bits per heavy atom. The lowest BCUT2D eigenvalue weighted by Crippen LogP contribution is -2.37. The number of hydrogen-bond donors (Lipinski definition) is 2. The Bertz CT molecular complexity index is 334. The summed E-state index contributed by atoms with van der Waals surface area (Å²) in [5.41, 5.74) is 0.189. The van der Waals surface area contributed by atoms with Crippen molar-refractivity contribution in [1.82, 2.24) is 5.32 Å². The van der Waals surface area contributed by atoms with Crippen molar-refractivity contribution in [2.45, 2.75) is 52.1 Å². The van der Waals surface area contributed by atoms with Gasteiger partial charge in [-0.1, -0.05) is 63.4 Å². The molecular weight excluding hydrogens is 234 g/mol. The van der Waals surface area contributed by atoms with Crippen molar-refractivity contribution < 1.29 is 5.11 Å². The topological polar surface area (TPSA) is 32.3 Å². The average Bonchev–Trinajstić information content (AvgIpc) is 2.43. The van der Waals surface area contributed by atoms with E-state index in [1.807, 2.05) is 37.3 Å². The van der Waals surface area contributed by atoms with Crippen molar-refractivity contribution in [3.8, 4) is 0 Å². The quantitative estimate of drug-likeness (QED) is 0.712. The van der Waals surface area contributed by atoms with Gasteiger partial charge in [0.2, 0.25) is 0 Å². The van der Waals surface area contributed by atoms with Gasteiger partial charge in [0.1, 0.15) is 0 Å². The summed E-state index contributed by atoms with van der Waals surface area (Å²) in [4.78, 5) is 0. The predicted molar refractivity (Wildman–Crippen MR) is 82.2 cm³/mol. The van der Waals surface area contributed by atoms with Gasteiger partial charge in [-0.2, -0.15) is 0 Å². The second-order valence-corrected chi connectivity index (χ2v) is 5.69. The van der Waals surface area contributed by atoms with E-state index in [4.69, 9.17) is 0 Å². The van der Waals surface area contributed by atoms with Crippen LogP contribution in [0.1, 0.15) is 52.0 Å². The fraction of sp³-hybridized carbons (Fsp3) is 0.647. The fourth-order valence-corrected chi connectivity index (χ4v) is 2.36. The van der Waals surface area contributed by atoms with Gasteiger partial charge in [0.05, 0.1) is 5.60 Å². The third kappa shape index (κ3) is 5.75. The molecule has 0 aliphatic rings. The highest BCUT2D eigenvalue weighted by atomic mass is 16.3. The van der Waals surface area contributed by atoms with Crippen molar-refractivity contribution >= 4 is 0 Å². The van der Waals surface area contributed by atoms with Crippen LogP contribution >= 0.6 is 0 Å². The lowest BCUT2D eigenvalue weighted by atomic mass is 9.95. The number of unbranched alkanes of at least 4 members (excludes halogenated alkanes) is 1. The maximum Gasteiger partial charge on any atom is 0.0992 e. The van der Waals surface area contributed by atoms with Crippen LogP contribution in [0, 0.1) is 5.92 Å². The minimum atomic E-state index is -0.787. The molecule has 0 bridgehead atoms. The summed E-state index contributed by atoms with van der Waals surface area (Å²) in [6.45, 7) is 7.97. The molecule has 0 radical (unpaired) electrons. The van der Waals surface area contributed by atoms with Crippen LogP contribution in [0.15, 0.2) is 30.3 Å². The molecule has 0 heterocycles. The van der Waals surface area contributed by atoms with Gasteiger partial charge in [0.25, 0.3) is 0 Å². The highest BCUT2D eigenvalue weighted by Gasteiger charge is 2.22. The van der Waals surface area contributed by atoms with E-state index in [9.17, 15) is 5.11 Å². The SMILES string of the molecule is CCCCC(CC)CNCC(C)(O)c1ccccc1. The smallest absolute Gasteiger partial charge is 0.0992 e. The van der Waals surface area contributed by atoms with E-state index in [0.717, 1.165) is 18.0 Å². The van der Waals surface area contributed by atoms with Gasteiger partial charge in [-0.15, -0.1) is 0 Å². The monoisotopic (exact) mass is 263 g/mol. The third-order valence-corrected chi connectivity index (χ3v) is 3.84. The van der Waals surface area contributed by atoms with Crippen LogP contribution in [0.2, 0.25) is 0 Å². The van der Waals surface area contributed by atoms with Crippen molar-refractivity contribution in [3.63, 3.8) is 0 Å². The molecule has 2 atom stereocenters. The van der Waals surface area contributed by atoms with E-state index in [1.54, 1.807) is 0 Å². The lowest BCUT2D eigenvalue weighted by molar-refractivity contribution is 0.0558. The zero-order valence-electron chi connectivity index (χ0n) is 12.7. The number of benzene rings is 1. The highest BCUT2D eigenvalue weighted by Crippen LogP contribution is 2.19. The molecule has 0 fully saturated rings. The summed E-state index contributed by atoms with van der Waals surface area (Å²) in [7, 11) is 0. The molecule has 1 aromatic rings. The minimum absolute atomic E-state index is 0.611. The van der Waals surface area contributed by atoms with Gasteiger partial charge in [0, 0.05) is 6.54 Å². The molecule has 1 aromatic carbocycles. The zero-order chi connectivity index (χ0) is 14.1. The van der Waals surface area contributed by atoms with Gasteiger partial charge >= 0.3 is 0 Å². The van der Waals surface area contributed by atoms with Crippen LogP contribution in [0.4, 0.5) is 0 Å². The molecule has 0 saturated carbocycles. The molecule has 2 unspecified atom stereocenters. The molecule has 0 aliphatic carbocycles. The molecule has 0 spiro atoms. The summed E-state index contributed by atoms with van der Waals surface area (Å²) in [5, 5.41) is 13.9. The number of rotatable bonds is 9. The predicted octanol–water partition coefficient (Wildman–Crippen LogP) is 3.70. The van der Waals surface area contributed by atoms with Gasteiger partial charge in [-0.25, -0.2) is 0 Å². The summed E-state index contributed by atoms with van der Waals surface area (Å²) in [6.07, 6.45) is 5.06. The third-order valence-electron chi connectivity index (χ3n) is 3.84. The number of aliphatic hydroxyl groups is 1. The first kappa shape index (κ1) is 16.2. The Hall–Kier alpha value is -0.860. The standard InChI is InChI=1S/C17H29NO/c1-4-6-10-15(5-2)13-18-14-17(3,19)16-11-8-7-9-12-16/h7-9,11-12,15,18-19H,4-6,10,13-14H2,1-3H3. The first-order valence-corrected chi connectivity index (χ1v) is 7.58. The van der Waals surface area contributed by atoms with Gasteiger partial charge in [-0.05, 0) is 31.4 Å². The van der Waals surface area contributed by atoms with Crippen LogP contribution in [-0.4, -0.2) is 18.2 Å². The molecule has 19 heavy (non-hydrogen) atoms. The van der Waals surface area contributed by atoms with Crippen molar-refractivity contribution in [2.75, 3.05) is 13.1 Å². The number of nitrogens with one attached hydrogen (secondary N) is 1. The Labute approximate surface area is 118 Å². The molecule has 0 amide bonds. The van der Waals surface area contributed by atoms with Crippen molar-refractivity contribution in [1.29, 1.82) is 0 Å². The van der Waals surface area contributed by atoms with Crippen molar-refractivity contribution in [3.05, 3.63) is 35.9 Å². The Morgan fingerprint density at radius 3 is 2.47 bits per heavy atom. The largest absolute Gasteiger partial charge is 0.384 e. The minimum Gasteiger partial charge on any atom is -0.384 e. The van der Waals surface area contributed by atoms with E-state index >= 15 is 0 Å². The van der Waals surface area contributed by atoms with E-state index in [1.165, 1.54) is 25.7 Å². The normalized spacial score (nSPS) is 16.0. The summed E-state index contributed by atoms with van der Waals surface area (Å²) < 4.78 is 0. The van der Waals surface area contributed by atoms with Gasteiger partial charge in [0.15, 0.2) is 0 Å². The van der Waals surface area contributed by atoms with Crippen LogP contribution in [0.25, 0.3) is 0 Å². The fourth-order valence-electron chi connectivity index (χ4n) is 2.36. The van der Waals surface area contributed by atoms with E-state index in [-0.39, 0.29) is 0 Å². The molecule has 0 aromatic heterocycles. The van der Waals surface area contributed by atoms with E-state index < -0.39 is 5.60 Å². The zero-order valence-corrected chi connectivity index (χ0v) is 12.7. The molecule has 2 nitrogen and oxygen atoms in total. The molecule has 0 aliphatic heterocycles. The lowest BCUT2D eigenvalue weighted by Gasteiger charge is -2.26. The van der Waals surface area contributed by atoms with Gasteiger partial charge in [-0.3, -0.25) is 0 Å². The van der Waals surface area contributed by atoms with E-state index in [0.29, 0.717) is 6.54 Å². The second kappa shape index (κ2) is 8.34. The van der Waals surface area contributed by atoms with Crippen LogP contribution in [0.5, 0.6) is 0 Å². The molecule has 1 rings (SSSR count).